The molecule has 192 valence electrons. The number of carbonyl (C=O) groups excluding carboxylic acids is 3. The third kappa shape index (κ3) is 3.83. The number of alkyl halides is 3. The fourth-order valence-electron chi connectivity index (χ4n) is 5.91. The van der Waals surface area contributed by atoms with E-state index in [1.165, 1.54) is 6.07 Å². The number of alkyl carbamates (subject to hydrolysis) is 1. The number of fused-ring (bicyclic) bond motifs is 5. The van der Waals surface area contributed by atoms with E-state index in [4.69, 9.17) is 14.7 Å². The van der Waals surface area contributed by atoms with E-state index in [0.717, 1.165) is 22.6 Å². The van der Waals surface area contributed by atoms with Gasteiger partial charge in [0, 0.05) is 6.42 Å². The Kier molecular flexibility index (Phi) is 5.56. The van der Waals surface area contributed by atoms with Gasteiger partial charge in [-0.15, -0.1) is 0 Å². The molecule has 1 N–H and O–H groups in total. The minimum atomic E-state index is -4.85. The SMILES string of the molecule is CC12C[C@H](NC(=O)OCc3ccccc3)C(C)(O1)[C@H]1C(=O)N(c3ccc(C#N)c(C(F)(F)F)c3)C(=O)[C@H]12. The van der Waals surface area contributed by atoms with Crippen molar-refractivity contribution in [2.75, 3.05) is 4.90 Å². The van der Waals surface area contributed by atoms with Crippen LogP contribution < -0.4 is 10.2 Å². The maximum absolute atomic E-state index is 13.5. The van der Waals surface area contributed by atoms with Gasteiger partial charge < -0.3 is 14.8 Å². The van der Waals surface area contributed by atoms with E-state index >= 15 is 0 Å². The van der Waals surface area contributed by atoms with E-state index in [1.807, 2.05) is 18.2 Å². The van der Waals surface area contributed by atoms with Crippen molar-refractivity contribution in [1.82, 2.24) is 5.32 Å². The van der Waals surface area contributed by atoms with Gasteiger partial charge in [0.1, 0.15) is 6.61 Å². The predicted molar refractivity (Wildman–Crippen MR) is 122 cm³/mol. The Morgan fingerprint density at radius 2 is 1.84 bits per heavy atom. The molecule has 3 saturated heterocycles. The first-order chi connectivity index (χ1) is 17.4. The monoisotopic (exact) mass is 513 g/mol. The highest BCUT2D eigenvalue weighted by atomic mass is 19.4. The van der Waals surface area contributed by atoms with Gasteiger partial charge in [0.05, 0.1) is 52.0 Å². The molecule has 2 unspecified atom stereocenters. The third-order valence-electron chi connectivity index (χ3n) is 7.53. The van der Waals surface area contributed by atoms with Crippen LogP contribution in [0.4, 0.5) is 23.7 Å². The Balaban J connectivity index is 1.39. The fraction of sp³-hybridized carbons (Fsp3) is 0.385. The van der Waals surface area contributed by atoms with Crippen LogP contribution in [0.3, 0.4) is 0 Å². The van der Waals surface area contributed by atoms with E-state index in [0.29, 0.717) is 6.07 Å². The van der Waals surface area contributed by atoms with Crippen molar-refractivity contribution in [3.05, 3.63) is 65.2 Å². The summed E-state index contributed by atoms with van der Waals surface area (Å²) in [4.78, 5) is 40.2. The van der Waals surface area contributed by atoms with Crippen LogP contribution in [0.15, 0.2) is 48.5 Å². The van der Waals surface area contributed by atoms with Crippen molar-refractivity contribution in [3.8, 4) is 6.07 Å². The number of carbonyl (C=O) groups is 3. The zero-order chi connectivity index (χ0) is 26.8. The van der Waals surface area contributed by atoms with Crippen molar-refractivity contribution in [1.29, 1.82) is 5.26 Å². The van der Waals surface area contributed by atoms with Crippen LogP contribution in [-0.4, -0.2) is 35.2 Å². The number of nitriles is 1. The number of hydrogen-bond acceptors (Lipinski definition) is 6. The Morgan fingerprint density at radius 1 is 1.16 bits per heavy atom. The molecule has 2 bridgehead atoms. The summed E-state index contributed by atoms with van der Waals surface area (Å²) in [7, 11) is 0. The van der Waals surface area contributed by atoms with Crippen molar-refractivity contribution < 1.29 is 37.0 Å². The lowest BCUT2D eigenvalue weighted by Gasteiger charge is -2.35. The van der Waals surface area contributed by atoms with E-state index < -0.39 is 64.3 Å². The molecule has 3 amide bonds. The van der Waals surface area contributed by atoms with E-state index in [9.17, 15) is 27.6 Å². The summed E-state index contributed by atoms with van der Waals surface area (Å²) in [6, 6.07) is 12.6. The Bertz CT molecular complexity index is 1340. The van der Waals surface area contributed by atoms with Gasteiger partial charge in [-0.25, -0.2) is 9.69 Å². The Morgan fingerprint density at radius 3 is 2.49 bits per heavy atom. The van der Waals surface area contributed by atoms with Gasteiger partial charge in [-0.1, -0.05) is 30.3 Å². The van der Waals surface area contributed by atoms with Crippen LogP contribution in [0.25, 0.3) is 0 Å². The van der Waals surface area contributed by atoms with Gasteiger partial charge in [-0.05, 0) is 37.6 Å². The normalized spacial score (nSPS) is 30.3. The van der Waals surface area contributed by atoms with Gasteiger partial charge >= 0.3 is 12.3 Å². The highest BCUT2D eigenvalue weighted by molar-refractivity contribution is 6.23. The van der Waals surface area contributed by atoms with Crippen LogP contribution in [0.2, 0.25) is 0 Å². The average Bonchev–Trinajstić information content (AvgIpc) is 3.37. The Labute approximate surface area is 209 Å². The molecule has 0 saturated carbocycles. The number of hydrogen-bond donors (Lipinski definition) is 1. The first kappa shape index (κ1) is 24.8. The highest BCUT2D eigenvalue weighted by Crippen LogP contribution is 2.61. The van der Waals surface area contributed by atoms with Gasteiger partial charge in [0.15, 0.2) is 0 Å². The largest absolute Gasteiger partial charge is 0.445 e. The molecule has 5 rings (SSSR count). The second kappa shape index (κ2) is 8.31. The maximum Gasteiger partial charge on any atom is 0.417 e. The molecule has 0 aliphatic carbocycles. The number of amides is 3. The quantitative estimate of drug-likeness (QED) is 0.621. The lowest BCUT2D eigenvalue weighted by molar-refractivity contribution is -0.138. The van der Waals surface area contributed by atoms with E-state index in [-0.39, 0.29) is 18.7 Å². The minimum Gasteiger partial charge on any atom is -0.445 e. The maximum atomic E-state index is 13.5. The number of nitrogens with one attached hydrogen (secondary N) is 1. The average molecular weight is 513 g/mol. The zero-order valence-corrected chi connectivity index (χ0v) is 19.8. The lowest BCUT2D eigenvalue weighted by Crippen LogP contribution is -2.56. The van der Waals surface area contributed by atoms with Crippen molar-refractivity contribution in [2.45, 2.75) is 50.3 Å². The molecule has 5 atom stereocenters. The summed E-state index contributed by atoms with van der Waals surface area (Å²) in [5.41, 5.74) is -3.75. The zero-order valence-electron chi connectivity index (χ0n) is 19.8. The second-order valence-corrected chi connectivity index (χ2v) is 9.87. The van der Waals surface area contributed by atoms with Crippen LogP contribution in [-0.2, 0) is 31.8 Å². The summed E-state index contributed by atoms with van der Waals surface area (Å²) < 4.78 is 52.0. The number of benzene rings is 2. The standard InChI is InChI=1S/C26H22F3N3O5/c1-24-11-18(31-23(35)36-13-14-6-4-3-5-7-14)25(2,37-24)20-19(24)21(33)32(22(20)34)16-9-8-15(12-30)17(10-16)26(27,28)29/h3-10,18-20H,11,13H2,1-2H3,(H,31,35)/t18-,19-,20+,24?,25?/m0/s1. The molecule has 3 fully saturated rings. The third-order valence-corrected chi connectivity index (χ3v) is 7.53. The van der Waals surface area contributed by atoms with Gasteiger partial charge in [0.2, 0.25) is 11.8 Å². The number of ether oxygens (including phenoxy) is 2. The molecule has 3 aliphatic heterocycles. The molecular weight excluding hydrogens is 491 g/mol. The number of halogens is 3. The molecule has 0 radical (unpaired) electrons. The minimum absolute atomic E-state index is 0.0334. The number of nitrogens with zero attached hydrogens (tertiary/aromatic N) is 2. The molecule has 3 heterocycles. The molecule has 0 spiro atoms. The van der Waals surface area contributed by atoms with Gasteiger partial charge in [-0.2, -0.15) is 18.4 Å². The van der Waals surface area contributed by atoms with Crippen molar-refractivity contribution >= 4 is 23.6 Å². The Hall–Kier alpha value is -3.91. The summed E-state index contributed by atoms with van der Waals surface area (Å²) in [5.74, 6) is -3.36. The van der Waals surface area contributed by atoms with E-state index in [2.05, 4.69) is 5.32 Å². The van der Waals surface area contributed by atoms with Crippen molar-refractivity contribution in [3.63, 3.8) is 0 Å². The van der Waals surface area contributed by atoms with E-state index in [1.54, 1.807) is 26.0 Å². The molecule has 2 aromatic rings. The molecule has 11 heteroatoms. The first-order valence-corrected chi connectivity index (χ1v) is 11.6. The van der Waals surface area contributed by atoms with Crippen LogP contribution >= 0.6 is 0 Å². The van der Waals surface area contributed by atoms with Gasteiger partial charge in [0.25, 0.3) is 0 Å². The molecule has 37 heavy (non-hydrogen) atoms. The van der Waals surface area contributed by atoms with Crippen molar-refractivity contribution in [2.24, 2.45) is 11.8 Å². The number of imide groups is 1. The number of rotatable bonds is 4. The smallest absolute Gasteiger partial charge is 0.417 e. The van der Waals surface area contributed by atoms with Crippen LogP contribution in [0.5, 0.6) is 0 Å². The summed E-state index contributed by atoms with van der Waals surface area (Å²) in [6.07, 6.45) is -5.36. The predicted octanol–water partition coefficient (Wildman–Crippen LogP) is 3.93. The second-order valence-electron chi connectivity index (χ2n) is 9.87. The number of anilines is 1. The fourth-order valence-corrected chi connectivity index (χ4v) is 5.91. The molecule has 2 aromatic carbocycles. The van der Waals surface area contributed by atoms with Gasteiger partial charge in [-0.3, -0.25) is 9.59 Å². The summed E-state index contributed by atoms with van der Waals surface area (Å²) >= 11 is 0. The lowest BCUT2D eigenvalue weighted by atomic mass is 9.66. The molecule has 0 aromatic heterocycles. The molecule has 8 nitrogen and oxygen atoms in total. The summed E-state index contributed by atoms with van der Waals surface area (Å²) in [6.45, 7) is 3.30. The summed E-state index contributed by atoms with van der Waals surface area (Å²) in [5, 5.41) is 11.8. The van der Waals surface area contributed by atoms with Crippen LogP contribution in [0, 0.1) is 23.2 Å². The topological polar surface area (TPSA) is 109 Å². The highest BCUT2D eigenvalue weighted by Gasteiger charge is 2.76. The molecule has 3 aliphatic rings. The molecular formula is C26H22F3N3O5. The van der Waals surface area contributed by atoms with Crippen LogP contribution in [0.1, 0.15) is 37.0 Å². The first-order valence-electron chi connectivity index (χ1n) is 11.6.